The van der Waals surface area contributed by atoms with Crippen molar-refractivity contribution in [3.63, 3.8) is 0 Å². The summed E-state index contributed by atoms with van der Waals surface area (Å²) in [6, 6.07) is 6.00. The molecule has 1 aromatic carbocycles. The molecule has 14 heavy (non-hydrogen) atoms. The Bertz CT molecular complexity index is 325. The van der Waals surface area contributed by atoms with Crippen LogP contribution in [0.1, 0.15) is 18.5 Å². The summed E-state index contributed by atoms with van der Waals surface area (Å²) in [4.78, 5) is 0. The molecule has 1 aromatic rings. The molecule has 0 heterocycles. The van der Waals surface area contributed by atoms with E-state index in [1.807, 2.05) is 24.3 Å². The summed E-state index contributed by atoms with van der Waals surface area (Å²) in [5.41, 5.74) is 1.06. The minimum atomic E-state index is 0.126. The van der Waals surface area contributed by atoms with Gasteiger partial charge in [-0.15, -0.1) is 6.58 Å². The summed E-state index contributed by atoms with van der Waals surface area (Å²) in [7, 11) is 0. The van der Waals surface area contributed by atoms with Crippen molar-refractivity contribution >= 4 is 27.5 Å². The number of nitrogens with one attached hydrogen (secondary N) is 1. The van der Waals surface area contributed by atoms with Gasteiger partial charge in [0.25, 0.3) is 0 Å². The number of halogens is 2. The smallest absolute Gasteiger partial charge is 0.0518 e. The van der Waals surface area contributed by atoms with E-state index in [1.165, 1.54) is 0 Å². The van der Waals surface area contributed by atoms with Crippen LogP contribution >= 0.6 is 27.5 Å². The van der Waals surface area contributed by atoms with Gasteiger partial charge in [-0.2, -0.15) is 0 Å². The Morgan fingerprint density at radius 3 is 2.86 bits per heavy atom. The second-order valence-electron chi connectivity index (χ2n) is 2.94. The average Bonchev–Trinajstić information content (AvgIpc) is 2.15. The summed E-state index contributed by atoms with van der Waals surface area (Å²) < 4.78 is 0.991. The normalized spacial score (nSPS) is 12.5. The van der Waals surface area contributed by atoms with E-state index in [2.05, 4.69) is 34.7 Å². The van der Waals surface area contributed by atoms with Crippen LogP contribution in [0, 0.1) is 0 Å². The molecule has 0 aliphatic carbocycles. The third kappa shape index (κ3) is 2.84. The first kappa shape index (κ1) is 11.8. The van der Waals surface area contributed by atoms with Crippen LogP contribution in [0.15, 0.2) is 35.3 Å². The van der Waals surface area contributed by atoms with Crippen molar-refractivity contribution in [1.29, 1.82) is 0 Å². The Kier molecular flexibility index (Phi) is 4.66. The Hall–Kier alpha value is -0.310. The predicted molar refractivity (Wildman–Crippen MR) is 65.8 cm³/mol. The molecule has 0 aromatic heterocycles. The van der Waals surface area contributed by atoms with Crippen molar-refractivity contribution < 1.29 is 0 Å². The third-order valence-electron chi connectivity index (χ3n) is 1.96. The van der Waals surface area contributed by atoms with Crippen molar-refractivity contribution in [2.45, 2.75) is 13.0 Å². The molecule has 1 N–H and O–H groups in total. The summed E-state index contributed by atoms with van der Waals surface area (Å²) in [6.07, 6.45) is 1.86. The van der Waals surface area contributed by atoms with E-state index in [0.717, 1.165) is 21.6 Å². The molecule has 0 fully saturated rings. The number of likely N-dealkylation sites (N-methyl/N-ethyl adjacent to an activating group) is 1. The standard InChI is InChI=1S/C11H13BrClN/c1-3-11(14-4-2)9-6-5-8(12)7-10(9)13/h3,5-7,11,14H,1,4H2,2H3. The van der Waals surface area contributed by atoms with Gasteiger partial charge in [0.2, 0.25) is 0 Å². The maximum atomic E-state index is 6.12. The number of hydrogen-bond donors (Lipinski definition) is 1. The van der Waals surface area contributed by atoms with E-state index >= 15 is 0 Å². The first-order valence-corrected chi connectivity index (χ1v) is 5.67. The quantitative estimate of drug-likeness (QED) is 0.820. The van der Waals surface area contributed by atoms with Gasteiger partial charge in [-0.05, 0) is 24.2 Å². The highest BCUT2D eigenvalue weighted by Gasteiger charge is 2.09. The number of rotatable bonds is 4. The molecule has 0 aliphatic rings. The Morgan fingerprint density at radius 2 is 2.36 bits per heavy atom. The van der Waals surface area contributed by atoms with E-state index in [4.69, 9.17) is 11.6 Å². The van der Waals surface area contributed by atoms with Crippen LogP contribution in [0.25, 0.3) is 0 Å². The molecular formula is C11H13BrClN. The second-order valence-corrected chi connectivity index (χ2v) is 4.26. The topological polar surface area (TPSA) is 12.0 Å². The maximum Gasteiger partial charge on any atom is 0.0518 e. The van der Waals surface area contributed by atoms with Crippen molar-refractivity contribution in [2.75, 3.05) is 6.54 Å². The summed E-state index contributed by atoms with van der Waals surface area (Å²) in [5, 5.41) is 4.05. The molecule has 0 amide bonds. The average molecular weight is 275 g/mol. The highest BCUT2D eigenvalue weighted by molar-refractivity contribution is 9.10. The third-order valence-corrected chi connectivity index (χ3v) is 2.78. The van der Waals surface area contributed by atoms with Gasteiger partial charge in [-0.1, -0.05) is 46.6 Å². The molecule has 0 saturated carbocycles. The van der Waals surface area contributed by atoms with E-state index in [0.29, 0.717) is 0 Å². The second kappa shape index (κ2) is 5.54. The van der Waals surface area contributed by atoms with Crippen LogP contribution in [0.5, 0.6) is 0 Å². The minimum Gasteiger partial charge on any atom is -0.307 e. The van der Waals surface area contributed by atoms with E-state index in [9.17, 15) is 0 Å². The predicted octanol–water partition coefficient (Wildman–Crippen LogP) is 3.94. The molecule has 1 nitrogen and oxygen atoms in total. The van der Waals surface area contributed by atoms with Crippen LogP contribution in [-0.4, -0.2) is 6.54 Å². The van der Waals surface area contributed by atoms with Crippen molar-refractivity contribution in [3.8, 4) is 0 Å². The molecule has 3 heteroatoms. The van der Waals surface area contributed by atoms with E-state index in [-0.39, 0.29) is 6.04 Å². The molecule has 0 aliphatic heterocycles. The van der Waals surface area contributed by atoms with Gasteiger partial charge in [0, 0.05) is 9.50 Å². The van der Waals surface area contributed by atoms with Crippen molar-refractivity contribution in [3.05, 3.63) is 45.9 Å². The summed E-state index contributed by atoms with van der Waals surface area (Å²) in [5.74, 6) is 0. The van der Waals surface area contributed by atoms with Crippen LogP contribution in [0.3, 0.4) is 0 Å². The summed E-state index contributed by atoms with van der Waals surface area (Å²) >= 11 is 9.50. The maximum absolute atomic E-state index is 6.12. The molecule has 1 unspecified atom stereocenters. The lowest BCUT2D eigenvalue weighted by atomic mass is 10.1. The van der Waals surface area contributed by atoms with E-state index < -0.39 is 0 Å². The fourth-order valence-electron chi connectivity index (χ4n) is 1.29. The van der Waals surface area contributed by atoms with Crippen LogP contribution in [0.2, 0.25) is 5.02 Å². The van der Waals surface area contributed by atoms with Gasteiger partial charge in [-0.25, -0.2) is 0 Å². The lowest BCUT2D eigenvalue weighted by molar-refractivity contribution is 0.649. The first-order valence-electron chi connectivity index (χ1n) is 4.50. The summed E-state index contributed by atoms with van der Waals surface area (Å²) in [6.45, 7) is 6.74. The van der Waals surface area contributed by atoms with Crippen molar-refractivity contribution in [1.82, 2.24) is 5.32 Å². The van der Waals surface area contributed by atoms with Gasteiger partial charge in [0.05, 0.1) is 6.04 Å². The van der Waals surface area contributed by atoms with Gasteiger partial charge in [0.15, 0.2) is 0 Å². The van der Waals surface area contributed by atoms with Crippen molar-refractivity contribution in [2.24, 2.45) is 0 Å². The van der Waals surface area contributed by atoms with E-state index in [1.54, 1.807) is 0 Å². The fraction of sp³-hybridized carbons (Fsp3) is 0.273. The molecule has 76 valence electrons. The Balaban J connectivity index is 2.98. The fourth-order valence-corrected chi connectivity index (χ4v) is 2.08. The molecular weight excluding hydrogens is 261 g/mol. The zero-order valence-electron chi connectivity index (χ0n) is 8.06. The lowest BCUT2D eigenvalue weighted by Gasteiger charge is -2.15. The number of benzene rings is 1. The Morgan fingerprint density at radius 1 is 1.64 bits per heavy atom. The largest absolute Gasteiger partial charge is 0.307 e. The van der Waals surface area contributed by atoms with Gasteiger partial charge >= 0.3 is 0 Å². The SMILES string of the molecule is C=CC(NCC)c1ccc(Br)cc1Cl. The minimum absolute atomic E-state index is 0.126. The molecule has 0 spiro atoms. The highest BCUT2D eigenvalue weighted by atomic mass is 79.9. The zero-order chi connectivity index (χ0) is 10.6. The first-order chi connectivity index (χ1) is 6.69. The molecule has 0 saturated heterocycles. The van der Waals surface area contributed by atoms with Gasteiger partial charge in [0.1, 0.15) is 0 Å². The molecule has 0 bridgehead atoms. The Labute approximate surface area is 98.3 Å². The molecule has 0 radical (unpaired) electrons. The lowest BCUT2D eigenvalue weighted by Crippen LogP contribution is -2.18. The van der Waals surface area contributed by atoms with Crippen LogP contribution in [0.4, 0.5) is 0 Å². The van der Waals surface area contributed by atoms with Gasteiger partial charge in [-0.3, -0.25) is 0 Å². The monoisotopic (exact) mass is 273 g/mol. The zero-order valence-corrected chi connectivity index (χ0v) is 10.4. The number of hydrogen-bond acceptors (Lipinski definition) is 1. The van der Waals surface area contributed by atoms with Crippen LogP contribution in [-0.2, 0) is 0 Å². The highest BCUT2D eigenvalue weighted by Crippen LogP contribution is 2.26. The van der Waals surface area contributed by atoms with Gasteiger partial charge < -0.3 is 5.32 Å². The molecule has 1 atom stereocenters. The molecule has 1 rings (SSSR count). The van der Waals surface area contributed by atoms with Crippen LogP contribution < -0.4 is 5.32 Å².